The Hall–Kier alpha value is -0.587. The molecule has 0 aromatic heterocycles. The molecule has 0 aliphatic rings. The zero-order valence-electron chi connectivity index (χ0n) is 5.89. The van der Waals surface area contributed by atoms with Gasteiger partial charge in [0.15, 0.2) is 0 Å². The Bertz CT molecular complexity index is 230. The van der Waals surface area contributed by atoms with Crippen molar-refractivity contribution in [2.75, 3.05) is 0 Å². The molecule has 1 aromatic rings. The molecular weight excluding hydrogens is 240 g/mol. The van der Waals surface area contributed by atoms with Gasteiger partial charge >= 0.3 is 71.9 Å². The number of halogens is 5. The fraction of sp³-hybridized carbons (Fsp3) is 0. The van der Waals surface area contributed by atoms with E-state index in [1.807, 2.05) is 0 Å². The average molecular weight is 243 g/mol. The van der Waals surface area contributed by atoms with Crippen LogP contribution in [0.4, 0.5) is 22.0 Å². The van der Waals surface area contributed by atoms with Crippen molar-refractivity contribution in [1.29, 1.82) is 0 Å². The molecule has 0 aliphatic heterocycles. The van der Waals surface area contributed by atoms with Gasteiger partial charge < -0.3 is 0 Å². The number of benzene rings is 1. The molecule has 66 valence electrons. The van der Waals surface area contributed by atoms with Gasteiger partial charge in [-0.1, -0.05) is 0 Å². The van der Waals surface area contributed by atoms with Gasteiger partial charge in [0.2, 0.25) is 0 Å². The van der Waals surface area contributed by atoms with Crippen LogP contribution in [0, 0.1) is 29.1 Å². The van der Waals surface area contributed by atoms with Crippen molar-refractivity contribution in [1.82, 2.24) is 0 Å². The van der Waals surface area contributed by atoms with Crippen LogP contribution in [-0.2, 0) is 0 Å². The molecule has 1 aromatic carbocycles. The first-order chi connectivity index (χ1) is 5.46. The van der Waals surface area contributed by atoms with Crippen LogP contribution >= 0.6 is 0 Å². The Labute approximate surface area is 72.6 Å². The summed E-state index contributed by atoms with van der Waals surface area (Å²) < 4.78 is 61.1. The van der Waals surface area contributed by atoms with Crippen molar-refractivity contribution in [3.05, 3.63) is 29.1 Å². The first-order valence-electron chi connectivity index (χ1n) is 2.94. The second kappa shape index (κ2) is 3.04. The molecule has 0 nitrogen and oxygen atoms in total. The van der Waals surface area contributed by atoms with Crippen LogP contribution in [-0.4, -0.2) is 16.5 Å². The molecule has 0 N–H and O–H groups in total. The van der Waals surface area contributed by atoms with E-state index in [-0.39, 0.29) is 0 Å². The second-order valence-electron chi connectivity index (χ2n) is 2.19. The van der Waals surface area contributed by atoms with Gasteiger partial charge in [-0.15, -0.1) is 0 Å². The molecule has 0 heterocycles. The van der Waals surface area contributed by atoms with E-state index in [4.69, 9.17) is 0 Å². The standard InChI is InChI=1S/C6H3F5Ge/c7-1-2(8)4(10)6(12)5(11)3(1)9/h12H3. The van der Waals surface area contributed by atoms with E-state index >= 15 is 0 Å². The Kier molecular flexibility index (Phi) is 2.41. The number of hydrogen-bond acceptors (Lipinski definition) is 0. The number of rotatable bonds is 0. The van der Waals surface area contributed by atoms with Crippen LogP contribution in [0.5, 0.6) is 0 Å². The van der Waals surface area contributed by atoms with Gasteiger partial charge in [0.25, 0.3) is 0 Å². The van der Waals surface area contributed by atoms with Crippen LogP contribution in [0.2, 0.25) is 0 Å². The maximum absolute atomic E-state index is 12.5. The molecule has 0 amide bonds. The predicted octanol–water partition coefficient (Wildman–Crippen LogP) is 0.373. The summed E-state index contributed by atoms with van der Waals surface area (Å²) in [6.45, 7) is 0. The Morgan fingerprint density at radius 1 is 0.583 bits per heavy atom. The van der Waals surface area contributed by atoms with Crippen molar-refractivity contribution in [2.45, 2.75) is 0 Å². The third-order valence-corrected chi connectivity index (χ3v) is 3.27. The van der Waals surface area contributed by atoms with Gasteiger partial charge in [-0.2, -0.15) is 0 Å². The summed E-state index contributed by atoms with van der Waals surface area (Å²) >= 11 is -0.587. The monoisotopic (exact) mass is 244 g/mol. The SMILES string of the molecule is Fc1c(F)c(F)[c]([GeH3])c(F)c1F. The van der Waals surface area contributed by atoms with Crippen LogP contribution < -0.4 is 4.40 Å². The van der Waals surface area contributed by atoms with Crippen molar-refractivity contribution < 1.29 is 22.0 Å². The summed E-state index contributed by atoms with van der Waals surface area (Å²) in [5, 5.41) is 0. The van der Waals surface area contributed by atoms with E-state index < -0.39 is 50.0 Å². The number of hydrogen-bond donors (Lipinski definition) is 0. The molecule has 0 unspecified atom stereocenters. The molecule has 0 aliphatic carbocycles. The molecule has 0 saturated heterocycles. The van der Waals surface area contributed by atoms with E-state index in [1.165, 1.54) is 0 Å². The van der Waals surface area contributed by atoms with Gasteiger partial charge in [0.05, 0.1) is 0 Å². The summed E-state index contributed by atoms with van der Waals surface area (Å²) in [5.41, 5.74) is 0. The quantitative estimate of drug-likeness (QED) is 0.267. The zero-order valence-corrected chi connectivity index (χ0v) is 10.1. The summed E-state index contributed by atoms with van der Waals surface area (Å²) in [5.74, 6) is -9.23. The summed E-state index contributed by atoms with van der Waals surface area (Å²) in [6.07, 6.45) is 0. The van der Waals surface area contributed by atoms with Gasteiger partial charge in [-0.05, 0) is 0 Å². The van der Waals surface area contributed by atoms with Crippen molar-refractivity contribution in [2.24, 2.45) is 0 Å². The molecule has 0 fully saturated rings. The fourth-order valence-corrected chi connectivity index (χ4v) is 1.64. The third-order valence-electron chi connectivity index (χ3n) is 1.43. The van der Waals surface area contributed by atoms with Crippen LogP contribution in [0.15, 0.2) is 0 Å². The summed E-state index contributed by atoms with van der Waals surface area (Å²) in [7, 11) is 0. The van der Waals surface area contributed by atoms with Crippen molar-refractivity contribution in [3.63, 3.8) is 0 Å². The van der Waals surface area contributed by atoms with E-state index in [1.54, 1.807) is 0 Å². The Balaban J connectivity index is 3.60. The minimum atomic E-state index is -2.10. The topological polar surface area (TPSA) is 0 Å². The molecule has 12 heavy (non-hydrogen) atoms. The van der Waals surface area contributed by atoms with Crippen molar-refractivity contribution >= 4 is 20.9 Å². The van der Waals surface area contributed by atoms with Crippen LogP contribution in [0.25, 0.3) is 0 Å². The van der Waals surface area contributed by atoms with E-state index in [0.29, 0.717) is 0 Å². The van der Waals surface area contributed by atoms with Gasteiger partial charge in [0, 0.05) is 0 Å². The normalized spacial score (nSPS) is 10.8. The van der Waals surface area contributed by atoms with Crippen LogP contribution in [0.3, 0.4) is 0 Å². The molecule has 6 heteroatoms. The molecule has 1 rings (SSSR count). The van der Waals surface area contributed by atoms with E-state index in [0.717, 1.165) is 0 Å². The Morgan fingerprint density at radius 2 is 0.833 bits per heavy atom. The average Bonchev–Trinajstić information content (AvgIpc) is 2.08. The van der Waals surface area contributed by atoms with Gasteiger partial charge in [0.1, 0.15) is 0 Å². The summed E-state index contributed by atoms with van der Waals surface area (Å²) in [4.78, 5) is 0. The molecule has 0 atom stereocenters. The second-order valence-corrected chi connectivity index (χ2v) is 4.29. The van der Waals surface area contributed by atoms with Crippen LogP contribution in [0.1, 0.15) is 0 Å². The van der Waals surface area contributed by atoms with Gasteiger partial charge in [-0.25, -0.2) is 0 Å². The maximum atomic E-state index is 12.5. The molecule has 0 saturated carbocycles. The predicted molar refractivity (Wildman–Crippen MR) is 35.8 cm³/mol. The fourth-order valence-electron chi connectivity index (χ4n) is 0.715. The summed E-state index contributed by atoms with van der Waals surface area (Å²) in [6, 6.07) is 0. The third kappa shape index (κ3) is 1.22. The first kappa shape index (κ1) is 9.50. The van der Waals surface area contributed by atoms with Gasteiger partial charge in [-0.3, -0.25) is 0 Å². The Morgan fingerprint density at radius 3 is 1.17 bits per heavy atom. The zero-order chi connectivity index (χ0) is 9.46. The van der Waals surface area contributed by atoms with Crippen molar-refractivity contribution in [3.8, 4) is 0 Å². The molecular formula is C6H3F5Ge. The first-order valence-corrected chi connectivity index (χ1v) is 5.04. The minimum absolute atomic E-state index is 0.587. The molecule has 0 spiro atoms. The molecule has 0 radical (unpaired) electrons. The van der Waals surface area contributed by atoms with E-state index in [2.05, 4.69) is 0 Å². The van der Waals surface area contributed by atoms with E-state index in [9.17, 15) is 22.0 Å². The molecule has 0 bridgehead atoms.